The van der Waals surface area contributed by atoms with Crippen LogP contribution in [0.2, 0.25) is 0 Å². The molecule has 0 saturated carbocycles. The van der Waals surface area contributed by atoms with Crippen LogP contribution in [-0.2, 0) is 13.1 Å². The Hall–Kier alpha value is -3.16. The van der Waals surface area contributed by atoms with Crippen molar-refractivity contribution < 1.29 is 14.0 Å². The van der Waals surface area contributed by atoms with Crippen molar-refractivity contribution in [2.24, 2.45) is 5.73 Å². The minimum absolute atomic E-state index is 0.184. The van der Waals surface area contributed by atoms with Crippen LogP contribution in [0.1, 0.15) is 29.4 Å². The van der Waals surface area contributed by atoms with Crippen molar-refractivity contribution in [1.82, 2.24) is 20.0 Å². The Kier molecular flexibility index (Phi) is 4.75. The molecule has 2 aromatic rings. The van der Waals surface area contributed by atoms with Crippen molar-refractivity contribution in [2.45, 2.75) is 26.4 Å². The number of urea groups is 1. The number of carbonyl (C=O) groups excluding carboxylic acids is 2. The summed E-state index contributed by atoms with van der Waals surface area (Å²) in [5.74, 6) is -1.09. The summed E-state index contributed by atoms with van der Waals surface area (Å²) in [6, 6.07) is 5.54. The lowest BCUT2D eigenvalue weighted by Crippen LogP contribution is -2.44. The summed E-state index contributed by atoms with van der Waals surface area (Å²) in [5.41, 5.74) is 7.73. The van der Waals surface area contributed by atoms with Gasteiger partial charge >= 0.3 is 6.03 Å². The number of fused-ring (bicyclic) bond motifs is 1. The van der Waals surface area contributed by atoms with Gasteiger partial charge in [-0.05, 0) is 18.6 Å². The maximum atomic E-state index is 13.6. The van der Waals surface area contributed by atoms with Crippen LogP contribution in [0.5, 0.6) is 0 Å². The Morgan fingerprint density at radius 2 is 2.15 bits per heavy atom. The Morgan fingerprint density at radius 1 is 1.38 bits per heavy atom. The number of amides is 3. The van der Waals surface area contributed by atoms with Gasteiger partial charge in [-0.2, -0.15) is 5.10 Å². The number of rotatable bonds is 4. The molecule has 0 fully saturated rings. The van der Waals surface area contributed by atoms with Gasteiger partial charge in [0, 0.05) is 17.8 Å². The smallest absolute Gasteiger partial charge is 0.321 e. The number of allylic oxidation sites excluding steroid dienone is 1. The monoisotopic (exact) mass is 357 g/mol. The van der Waals surface area contributed by atoms with E-state index in [0.29, 0.717) is 42.2 Å². The first-order chi connectivity index (χ1) is 12.4. The first kappa shape index (κ1) is 17.7. The fourth-order valence-corrected chi connectivity index (χ4v) is 2.91. The summed E-state index contributed by atoms with van der Waals surface area (Å²) in [6.45, 7) is 6.68. The van der Waals surface area contributed by atoms with Gasteiger partial charge in [-0.15, -0.1) is 0 Å². The van der Waals surface area contributed by atoms with E-state index in [9.17, 15) is 14.0 Å². The van der Waals surface area contributed by atoms with Gasteiger partial charge in [-0.1, -0.05) is 25.6 Å². The minimum atomic E-state index is -0.661. The van der Waals surface area contributed by atoms with Crippen molar-refractivity contribution in [3.63, 3.8) is 0 Å². The molecule has 0 aliphatic carbocycles. The first-order valence-corrected chi connectivity index (χ1v) is 8.29. The van der Waals surface area contributed by atoms with Crippen molar-refractivity contribution in [3.8, 4) is 11.3 Å². The molecule has 1 aromatic carbocycles. The quantitative estimate of drug-likeness (QED) is 0.879. The predicted octanol–water partition coefficient (Wildman–Crippen LogP) is 2.24. The zero-order chi connectivity index (χ0) is 18.8. The average molecular weight is 357 g/mol. The molecule has 0 unspecified atom stereocenters. The van der Waals surface area contributed by atoms with E-state index in [4.69, 9.17) is 5.73 Å². The van der Waals surface area contributed by atoms with E-state index in [0.717, 1.165) is 0 Å². The summed E-state index contributed by atoms with van der Waals surface area (Å²) < 4.78 is 15.2. The van der Waals surface area contributed by atoms with Gasteiger partial charge in [0.2, 0.25) is 0 Å². The van der Waals surface area contributed by atoms with Crippen LogP contribution >= 0.6 is 0 Å². The predicted molar refractivity (Wildman–Crippen MR) is 94.5 cm³/mol. The second-order valence-electron chi connectivity index (χ2n) is 6.08. The third-order valence-electron chi connectivity index (χ3n) is 4.32. The maximum absolute atomic E-state index is 13.6. The molecule has 8 heteroatoms. The van der Waals surface area contributed by atoms with Crippen molar-refractivity contribution in [1.29, 1.82) is 0 Å². The molecule has 0 saturated heterocycles. The maximum Gasteiger partial charge on any atom is 0.321 e. The molecule has 3 amide bonds. The third kappa shape index (κ3) is 3.30. The van der Waals surface area contributed by atoms with Gasteiger partial charge in [0.25, 0.3) is 5.91 Å². The number of aromatic nitrogens is 2. The van der Waals surface area contributed by atoms with Crippen molar-refractivity contribution in [2.75, 3.05) is 6.54 Å². The number of nitrogens with one attached hydrogen (secondary N) is 1. The van der Waals surface area contributed by atoms with E-state index in [2.05, 4.69) is 17.0 Å². The zero-order valence-electron chi connectivity index (χ0n) is 14.5. The first-order valence-electron chi connectivity index (χ1n) is 8.29. The summed E-state index contributed by atoms with van der Waals surface area (Å²) >= 11 is 0. The van der Waals surface area contributed by atoms with Crippen LogP contribution in [0.15, 0.2) is 36.5 Å². The SMILES string of the molecule is C=C(CC)NC(=O)N1CCn2nc(-c3cccc(F)c3)c(C(N)=O)c2C1. The molecule has 26 heavy (non-hydrogen) atoms. The number of primary amides is 1. The molecule has 0 spiro atoms. The largest absolute Gasteiger partial charge is 0.365 e. The standard InChI is InChI=1S/C18H20FN5O2/c1-3-11(2)21-18(26)23-7-8-24-14(10-23)15(17(20)25)16(22-24)12-5-4-6-13(19)9-12/h4-6,9H,2-3,7-8,10H2,1H3,(H2,20,25)(H,21,26). The summed E-state index contributed by atoms with van der Waals surface area (Å²) in [6.07, 6.45) is 0.633. The van der Waals surface area contributed by atoms with E-state index >= 15 is 0 Å². The number of nitrogens with zero attached hydrogens (tertiary/aromatic N) is 3. The van der Waals surface area contributed by atoms with Crippen LogP contribution in [0.3, 0.4) is 0 Å². The molecular weight excluding hydrogens is 337 g/mol. The lowest BCUT2D eigenvalue weighted by atomic mass is 10.0. The van der Waals surface area contributed by atoms with E-state index < -0.39 is 11.7 Å². The summed E-state index contributed by atoms with van der Waals surface area (Å²) in [5, 5.41) is 7.15. The molecule has 1 aromatic heterocycles. The number of hydrogen-bond acceptors (Lipinski definition) is 3. The molecular formula is C18H20FN5O2. The number of carbonyl (C=O) groups is 2. The van der Waals surface area contributed by atoms with Gasteiger partial charge in [-0.3, -0.25) is 9.48 Å². The molecule has 3 N–H and O–H groups in total. The molecule has 3 rings (SSSR count). The van der Waals surface area contributed by atoms with Crippen LogP contribution in [0.4, 0.5) is 9.18 Å². The van der Waals surface area contributed by atoms with Crippen molar-refractivity contribution >= 4 is 11.9 Å². The fourth-order valence-electron chi connectivity index (χ4n) is 2.91. The number of halogens is 1. The Morgan fingerprint density at radius 3 is 2.81 bits per heavy atom. The molecule has 0 atom stereocenters. The number of nitrogens with two attached hydrogens (primary N) is 1. The Balaban J connectivity index is 1.96. The molecule has 0 bridgehead atoms. The van der Waals surface area contributed by atoms with E-state index in [1.54, 1.807) is 21.7 Å². The third-order valence-corrected chi connectivity index (χ3v) is 4.32. The highest BCUT2D eigenvalue weighted by Crippen LogP contribution is 2.28. The van der Waals surface area contributed by atoms with Gasteiger partial charge in [-0.25, -0.2) is 9.18 Å². The van der Waals surface area contributed by atoms with Gasteiger partial charge < -0.3 is 16.0 Å². The lowest BCUT2D eigenvalue weighted by Gasteiger charge is -2.28. The molecule has 1 aliphatic heterocycles. The second kappa shape index (κ2) is 6.99. The highest BCUT2D eigenvalue weighted by molar-refractivity contribution is 6.00. The van der Waals surface area contributed by atoms with E-state index in [1.165, 1.54) is 12.1 Å². The molecule has 0 radical (unpaired) electrons. The van der Waals surface area contributed by atoms with Gasteiger partial charge in [0.1, 0.15) is 11.5 Å². The lowest BCUT2D eigenvalue weighted by molar-refractivity contribution is 0.0997. The van der Waals surface area contributed by atoms with E-state index in [-0.39, 0.29) is 18.1 Å². The zero-order valence-corrected chi connectivity index (χ0v) is 14.5. The van der Waals surface area contributed by atoms with Crippen LogP contribution < -0.4 is 11.1 Å². The molecule has 7 nitrogen and oxygen atoms in total. The normalized spacial score (nSPS) is 13.2. The Labute approximate surface area is 150 Å². The van der Waals surface area contributed by atoms with Crippen LogP contribution in [-0.4, -0.2) is 33.2 Å². The molecule has 2 heterocycles. The number of hydrogen-bond donors (Lipinski definition) is 2. The highest BCUT2D eigenvalue weighted by Gasteiger charge is 2.29. The van der Waals surface area contributed by atoms with E-state index in [1.807, 2.05) is 6.92 Å². The average Bonchev–Trinajstić information content (AvgIpc) is 3.00. The van der Waals surface area contributed by atoms with Crippen molar-refractivity contribution in [3.05, 3.63) is 53.6 Å². The second-order valence-corrected chi connectivity index (χ2v) is 6.08. The fraction of sp³-hybridized carbons (Fsp3) is 0.278. The van der Waals surface area contributed by atoms with Gasteiger partial charge in [0.15, 0.2) is 0 Å². The summed E-state index contributed by atoms with van der Waals surface area (Å²) in [7, 11) is 0. The number of benzene rings is 1. The summed E-state index contributed by atoms with van der Waals surface area (Å²) in [4.78, 5) is 26.0. The molecule has 136 valence electrons. The van der Waals surface area contributed by atoms with Crippen LogP contribution in [0.25, 0.3) is 11.3 Å². The van der Waals surface area contributed by atoms with Crippen LogP contribution in [0, 0.1) is 5.82 Å². The van der Waals surface area contributed by atoms with Gasteiger partial charge in [0.05, 0.1) is 24.3 Å². The Bertz CT molecular complexity index is 890. The molecule has 1 aliphatic rings. The topological polar surface area (TPSA) is 93.2 Å². The highest BCUT2D eigenvalue weighted by atomic mass is 19.1. The minimum Gasteiger partial charge on any atom is -0.365 e.